The quantitative estimate of drug-likeness (QED) is 0.463. The van der Waals surface area contributed by atoms with Gasteiger partial charge in [-0.3, -0.25) is 13.9 Å². The van der Waals surface area contributed by atoms with E-state index in [1.54, 1.807) is 44.4 Å². The van der Waals surface area contributed by atoms with Crippen molar-refractivity contribution in [1.82, 2.24) is 10.2 Å². The normalized spacial score (nSPS) is 12.5. The van der Waals surface area contributed by atoms with Crippen LogP contribution in [-0.2, 0) is 26.2 Å². The third kappa shape index (κ3) is 9.02. The molecular formula is C26H36ClN3O5S. The molecule has 0 aromatic heterocycles. The fourth-order valence-corrected chi connectivity index (χ4v) is 4.80. The molecule has 0 heterocycles. The summed E-state index contributed by atoms with van der Waals surface area (Å²) in [6.07, 6.45) is 1.44. The van der Waals surface area contributed by atoms with Crippen molar-refractivity contribution in [3.05, 3.63) is 59.1 Å². The summed E-state index contributed by atoms with van der Waals surface area (Å²) in [5, 5.41) is 3.34. The molecule has 1 atom stereocenters. The number of benzene rings is 2. The molecule has 0 aliphatic heterocycles. The van der Waals surface area contributed by atoms with E-state index in [0.29, 0.717) is 16.5 Å². The zero-order valence-corrected chi connectivity index (χ0v) is 23.3. The molecule has 0 fully saturated rings. The molecule has 0 saturated carbocycles. The van der Waals surface area contributed by atoms with Gasteiger partial charge >= 0.3 is 0 Å². The van der Waals surface area contributed by atoms with Gasteiger partial charge in [-0.15, -0.1) is 0 Å². The molecule has 2 rings (SSSR count). The van der Waals surface area contributed by atoms with E-state index < -0.39 is 21.6 Å². The molecule has 0 saturated heterocycles. The van der Waals surface area contributed by atoms with Crippen molar-refractivity contribution >= 4 is 39.1 Å². The smallest absolute Gasteiger partial charge is 0.242 e. The summed E-state index contributed by atoms with van der Waals surface area (Å²) >= 11 is 6.04. The van der Waals surface area contributed by atoms with Crippen molar-refractivity contribution in [1.29, 1.82) is 0 Å². The van der Waals surface area contributed by atoms with Gasteiger partial charge in [0, 0.05) is 30.1 Å². The first kappa shape index (κ1) is 29.5. The third-order valence-corrected chi connectivity index (χ3v) is 6.83. The van der Waals surface area contributed by atoms with Gasteiger partial charge < -0.3 is 15.0 Å². The number of methoxy groups -OCH3 is 1. The highest BCUT2D eigenvalue weighted by atomic mass is 35.5. The van der Waals surface area contributed by atoms with Crippen molar-refractivity contribution < 1.29 is 22.7 Å². The minimum atomic E-state index is -3.59. The van der Waals surface area contributed by atoms with Crippen LogP contribution in [0.2, 0.25) is 5.02 Å². The molecular weight excluding hydrogens is 502 g/mol. The first-order valence-electron chi connectivity index (χ1n) is 11.7. The Morgan fingerprint density at radius 3 is 2.36 bits per heavy atom. The van der Waals surface area contributed by atoms with E-state index >= 15 is 0 Å². The zero-order chi connectivity index (χ0) is 27.1. The van der Waals surface area contributed by atoms with Crippen LogP contribution in [0.5, 0.6) is 5.75 Å². The topological polar surface area (TPSA) is 96.0 Å². The number of hydrogen-bond acceptors (Lipinski definition) is 5. The fraction of sp³-hybridized carbons (Fsp3) is 0.462. The van der Waals surface area contributed by atoms with Crippen molar-refractivity contribution in [2.45, 2.75) is 58.7 Å². The predicted octanol–water partition coefficient (Wildman–Crippen LogP) is 4.23. The Morgan fingerprint density at radius 1 is 1.11 bits per heavy atom. The van der Waals surface area contributed by atoms with Crippen LogP contribution in [0.25, 0.3) is 0 Å². The zero-order valence-electron chi connectivity index (χ0n) is 21.7. The van der Waals surface area contributed by atoms with Gasteiger partial charge in [0.15, 0.2) is 0 Å². The van der Waals surface area contributed by atoms with Gasteiger partial charge in [-0.1, -0.05) is 29.8 Å². The van der Waals surface area contributed by atoms with Gasteiger partial charge in [0.05, 0.1) is 19.1 Å². The van der Waals surface area contributed by atoms with Crippen molar-refractivity contribution in [3.63, 3.8) is 0 Å². The highest BCUT2D eigenvalue weighted by Crippen LogP contribution is 2.23. The molecule has 2 aromatic carbocycles. The molecule has 1 N–H and O–H groups in total. The number of rotatable bonds is 11. The summed E-state index contributed by atoms with van der Waals surface area (Å²) in [6, 6.07) is 13.1. The van der Waals surface area contributed by atoms with Crippen LogP contribution in [0, 0.1) is 0 Å². The maximum Gasteiger partial charge on any atom is 0.242 e. The lowest BCUT2D eigenvalue weighted by Gasteiger charge is -2.32. The van der Waals surface area contributed by atoms with Crippen LogP contribution in [0.4, 0.5) is 5.69 Å². The van der Waals surface area contributed by atoms with Crippen LogP contribution in [-0.4, -0.2) is 56.6 Å². The Morgan fingerprint density at radius 2 is 1.78 bits per heavy atom. The summed E-state index contributed by atoms with van der Waals surface area (Å²) in [5.74, 6) is 0.126. The van der Waals surface area contributed by atoms with E-state index in [4.69, 9.17) is 16.3 Å². The Hall–Kier alpha value is -2.78. The second-order valence-electron chi connectivity index (χ2n) is 9.71. The predicted molar refractivity (Wildman–Crippen MR) is 144 cm³/mol. The van der Waals surface area contributed by atoms with E-state index in [0.717, 1.165) is 11.8 Å². The molecule has 0 radical (unpaired) electrons. The largest absolute Gasteiger partial charge is 0.497 e. The lowest BCUT2D eigenvalue weighted by Crippen LogP contribution is -2.52. The maximum absolute atomic E-state index is 13.4. The number of carbonyl (C=O) groups is 2. The van der Waals surface area contributed by atoms with Crippen LogP contribution < -0.4 is 14.4 Å². The molecule has 36 heavy (non-hydrogen) atoms. The molecule has 1 unspecified atom stereocenters. The SMILES string of the molecule is COc1cccc(CN(C(=O)CCCN(c2cccc(Cl)c2)S(C)(=O)=O)C(C)C(=O)NC(C)(C)C)c1. The van der Waals surface area contributed by atoms with E-state index in [1.807, 2.05) is 39.0 Å². The van der Waals surface area contributed by atoms with Gasteiger partial charge in [-0.05, 0) is 70.0 Å². The number of ether oxygens (including phenoxy) is 1. The standard InChI is InChI=1S/C26H36ClN3O5S/c1-19(25(32)28-26(2,3)4)29(18-20-10-7-13-23(16-20)35-5)24(31)14-9-15-30(36(6,33)34)22-12-8-11-21(27)17-22/h7-8,10-13,16-17,19H,9,14-15,18H2,1-6H3,(H,28,32). The number of sulfonamides is 1. The monoisotopic (exact) mass is 537 g/mol. The van der Waals surface area contributed by atoms with E-state index in [9.17, 15) is 18.0 Å². The lowest BCUT2D eigenvalue weighted by molar-refractivity contribution is -0.141. The summed E-state index contributed by atoms with van der Waals surface area (Å²) in [7, 11) is -2.02. The number of halogens is 1. The molecule has 0 aliphatic rings. The highest BCUT2D eigenvalue weighted by molar-refractivity contribution is 7.92. The molecule has 0 bridgehead atoms. The maximum atomic E-state index is 13.4. The molecule has 2 amide bonds. The van der Waals surface area contributed by atoms with E-state index in [-0.39, 0.29) is 37.7 Å². The Labute approximate surface area is 219 Å². The minimum Gasteiger partial charge on any atom is -0.497 e. The van der Waals surface area contributed by atoms with Gasteiger partial charge in [0.25, 0.3) is 0 Å². The van der Waals surface area contributed by atoms with Crippen molar-refractivity contribution in [2.24, 2.45) is 0 Å². The van der Waals surface area contributed by atoms with Crippen LogP contribution >= 0.6 is 11.6 Å². The molecule has 8 nitrogen and oxygen atoms in total. The van der Waals surface area contributed by atoms with Gasteiger partial charge in [0.1, 0.15) is 11.8 Å². The molecule has 2 aromatic rings. The molecule has 10 heteroatoms. The Bertz CT molecular complexity index is 1160. The van der Waals surface area contributed by atoms with Crippen LogP contribution in [0.1, 0.15) is 46.1 Å². The van der Waals surface area contributed by atoms with Gasteiger partial charge in [-0.2, -0.15) is 0 Å². The van der Waals surface area contributed by atoms with E-state index in [2.05, 4.69) is 5.32 Å². The highest BCUT2D eigenvalue weighted by Gasteiger charge is 2.28. The number of nitrogens with one attached hydrogen (secondary N) is 1. The summed E-state index contributed by atoms with van der Waals surface area (Å²) in [4.78, 5) is 27.8. The second kappa shape index (κ2) is 12.5. The fourth-order valence-electron chi connectivity index (χ4n) is 3.66. The van der Waals surface area contributed by atoms with Crippen LogP contribution in [0.15, 0.2) is 48.5 Å². The molecule has 198 valence electrons. The third-order valence-electron chi connectivity index (χ3n) is 5.40. The van der Waals surface area contributed by atoms with Crippen molar-refractivity contribution in [3.8, 4) is 5.75 Å². The summed E-state index contributed by atoms with van der Waals surface area (Å²) < 4.78 is 31.3. The molecule has 0 aliphatic carbocycles. The van der Waals surface area contributed by atoms with Crippen LogP contribution in [0.3, 0.4) is 0 Å². The minimum absolute atomic E-state index is 0.0592. The summed E-state index contributed by atoms with van der Waals surface area (Å²) in [5.41, 5.74) is 0.793. The number of amides is 2. The number of carbonyl (C=O) groups excluding carboxylic acids is 2. The number of nitrogens with zero attached hydrogens (tertiary/aromatic N) is 2. The first-order chi connectivity index (χ1) is 16.7. The average molecular weight is 538 g/mol. The van der Waals surface area contributed by atoms with Crippen molar-refractivity contribution in [2.75, 3.05) is 24.2 Å². The van der Waals surface area contributed by atoms with Gasteiger partial charge in [0.2, 0.25) is 21.8 Å². The number of hydrogen-bond donors (Lipinski definition) is 1. The average Bonchev–Trinajstić information content (AvgIpc) is 2.77. The summed E-state index contributed by atoms with van der Waals surface area (Å²) in [6.45, 7) is 7.62. The number of anilines is 1. The molecule has 0 spiro atoms. The lowest BCUT2D eigenvalue weighted by atomic mass is 10.1. The Balaban J connectivity index is 2.21. The van der Waals surface area contributed by atoms with E-state index in [1.165, 1.54) is 9.21 Å². The second-order valence-corrected chi connectivity index (χ2v) is 12.1. The Kier molecular flexibility index (Phi) is 10.2. The first-order valence-corrected chi connectivity index (χ1v) is 13.9. The van der Waals surface area contributed by atoms with Gasteiger partial charge in [-0.25, -0.2) is 8.42 Å².